The zero-order valence-corrected chi connectivity index (χ0v) is 13.7. The van der Waals surface area contributed by atoms with Gasteiger partial charge in [-0.1, -0.05) is 20.8 Å². The number of hydrogen-bond donors (Lipinski definition) is 1. The smallest absolute Gasteiger partial charge is 0.303 e. The molecule has 0 unspecified atom stereocenters. The van der Waals surface area contributed by atoms with Crippen molar-refractivity contribution in [3.63, 3.8) is 0 Å². The van der Waals surface area contributed by atoms with Gasteiger partial charge in [-0.3, -0.25) is 9.69 Å². The molecule has 0 atom stereocenters. The van der Waals surface area contributed by atoms with Gasteiger partial charge in [-0.15, -0.1) is 0 Å². The summed E-state index contributed by atoms with van der Waals surface area (Å²) >= 11 is 0. The van der Waals surface area contributed by atoms with Gasteiger partial charge in [-0.05, 0) is 18.3 Å². The molecule has 0 saturated heterocycles. The van der Waals surface area contributed by atoms with Gasteiger partial charge in [0, 0.05) is 48.9 Å². The molecule has 1 N–H and O–H groups in total. The molecule has 1 aromatic heterocycles. The standard InChI is InChI=1S/C17H25N3O2/c1-16(2,3)15-18-9-12-10-20(7-4-13(12)19-15)11-17(5-6-17)8-14(21)22/h9H,4-8,10-11H2,1-3H3,(H,21,22). The van der Waals surface area contributed by atoms with Crippen molar-refractivity contribution in [2.45, 2.75) is 58.4 Å². The van der Waals surface area contributed by atoms with Gasteiger partial charge in [0.15, 0.2) is 0 Å². The van der Waals surface area contributed by atoms with Gasteiger partial charge in [0.05, 0.1) is 6.42 Å². The molecule has 3 rings (SSSR count). The Kier molecular flexibility index (Phi) is 3.71. The van der Waals surface area contributed by atoms with Crippen LogP contribution in [0.2, 0.25) is 0 Å². The first kappa shape index (κ1) is 15.4. The van der Waals surface area contributed by atoms with Crippen LogP contribution in [0.1, 0.15) is 57.1 Å². The Morgan fingerprint density at radius 2 is 2.14 bits per heavy atom. The Balaban J connectivity index is 1.68. The molecular weight excluding hydrogens is 278 g/mol. The monoisotopic (exact) mass is 303 g/mol. The van der Waals surface area contributed by atoms with E-state index in [-0.39, 0.29) is 10.8 Å². The molecule has 1 aliphatic carbocycles. The fourth-order valence-electron chi connectivity index (χ4n) is 3.23. The van der Waals surface area contributed by atoms with Crippen LogP contribution in [-0.4, -0.2) is 39.0 Å². The van der Waals surface area contributed by atoms with Crippen molar-refractivity contribution in [2.75, 3.05) is 13.1 Å². The largest absolute Gasteiger partial charge is 0.481 e. The van der Waals surface area contributed by atoms with E-state index >= 15 is 0 Å². The third-order valence-electron chi connectivity index (χ3n) is 4.73. The lowest BCUT2D eigenvalue weighted by Crippen LogP contribution is -2.37. The van der Waals surface area contributed by atoms with E-state index in [0.717, 1.165) is 44.7 Å². The number of carboxylic acid groups (broad SMARTS) is 1. The summed E-state index contributed by atoms with van der Waals surface area (Å²) in [5, 5.41) is 9.04. The van der Waals surface area contributed by atoms with E-state index in [1.54, 1.807) is 0 Å². The molecule has 0 aromatic carbocycles. The highest BCUT2D eigenvalue weighted by Crippen LogP contribution is 2.49. The summed E-state index contributed by atoms with van der Waals surface area (Å²) in [6.45, 7) is 9.10. The lowest BCUT2D eigenvalue weighted by molar-refractivity contribution is -0.138. The van der Waals surface area contributed by atoms with E-state index in [1.165, 1.54) is 11.3 Å². The van der Waals surface area contributed by atoms with Gasteiger partial charge in [-0.25, -0.2) is 9.97 Å². The zero-order valence-electron chi connectivity index (χ0n) is 13.7. The molecule has 5 heteroatoms. The Hall–Kier alpha value is -1.49. The summed E-state index contributed by atoms with van der Waals surface area (Å²) in [6.07, 6.45) is 5.29. The molecule has 1 aliphatic heterocycles. The van der Waals surface area contributed by atoms with Crippen molar-refractivity contribution in [3.05, 3.63) is 23.3 Å². The van der Waals surface area contributed by atoms with Crippen LogP contribution in [-0.2, 0) is 23.2 Å². The molecular formula is C17H25N3O2. The highest BCUT2D eigenvalue weighted by molar-refractivity contribution is 5.68. The highest BCUT2D eigenvalue weighted by Gasteiger charge is 2.45. The molecule has 5 nitrogen and oxygen atoms in total. The summed E-state index contributed by atoms with van der Waals surface area (Å²) in [6, 6.07) is 0. The van der Waals surface area contributed by atoms with E-state index in [0.29, 0.717) is 6.42 Å². The van der Waals surface area contributed by atoms with Gasteiger partial charge in [0.25, 0.3) is 0 Å². The summed E-state index contributed by atoms with van der Waals surface area (Å²) in [5.74, 6) is 0.234. The second-order valence-corrected chi connectivity index (χ2v) is 7.95. The van der Waals surface area contributed by atoms with Crippen molar-refractivity contribution in [3.8, 4) is 0 Å². The number of rotatable bonds is 4. The third kappa shape index (κ3) is 3.29. The Labute approximate surface area is 131 Å². The summed E-state index contributed by atoms with van der Waals surface area (Å²) in [5.41, 5.74) is 2.37. The summed E-state index contributed by atoms with van der Waals surface area (Å²) in [4.78, 5) is 22.6. The third-order valence-corrected chi connectivity index (χ3v) is 4.73. The molecule has 120 valence electrons. The highest BCUT2D eigenvalue weighted by atomic mass is 16.4. The fraction of sp³-hybridized carbons (Fsp3) is 0.706. The predicted octanol–water partition coefficient (Wildman–Crippen LogP) is 2.39. The molecule has 0 bridgehead atoms. The van der Waals surface area contributed by atoms with Crippen molar-refractivity contribution >= 4 is 5.97 Å². The van der Waals surface area contributed by atoms with Crippen molar-refractivity contribution in [2.24, 2.45) is 5.41 Å². The van der Waals surface area contributed by atoms with Crippen LogP contribution in [0.5, 0.6) is 0 Å². The average Bonchev–Trinajstić information content (AvgIpc) is 3.15. The van der Waals surface area contributed by atoms with Crippen molar-refractivity contribution < 1.29 is 9.90 Å². The predicted molar refractivity (Wildman–Crippen MR) is 83.6 cm³/mol. The maximum absolute atomic E-state index is 11.0. The number of fused-ring (bicyclic) bond motifs is 1. The fourth-order valence-corrected chi connectivity index (χ4v) is 3.23. The lowest BCUT2D eigenvalue weighted by Gasteiger charge is -2.31. The number of hydrogen-bond acceptors (Lipinski definition) is 4. The number of nitrogens with zero attached hydrogens (tertiary/aromatic N) is 3. The topological polar surface area (TPSA) is 66.3 Å². The Morgan fingerprint density at radius 3 is 2.73 bits per heavy atom. The maximum Gasteiger partial charge on any atom is 0.303 e. The first-order valence-electron chi connectivity index (χ1n) is 8.07. The number of aromatic nitrogens is 2. The quantitative estimate of drug-likeness (QED) is 0.925. The van der Waals surface area contributed by atoms with Gasteiger partial charge in [-0.2, -0.15) is 0 Å². The lowest BCUT2D eigenvalue weighted by atomic mass is 9.94. The molecule has 0 radical (unpaired) electrons. The molecule has 0 spiro atoms. The summed E-state index contributed by atoms with van der Waals surface area (Å²) in [7, 11) is 0. The maximum atomic E-state index is 11.0. The number of carbonyl (C=O) groups is 1. The van der Waals surface area contributed by atoms with Gasteiger partial charge in [0.2, 0.25) is 0 Å². The average molecular weight is 303 g/mol. The van der Waals surface area contributed by atoms with Crippen LogP contribution < -0.4 is 0 Å². The van der Waals surface area contributed by atoms with Gasteiger partial charge < -0.3 is 5.11 Å². The molecule has 1 saturated carbocycles. The van der Waals surface area contributed by atoms with Crippen molar-refractivity contribution in [1.29, 1.82) is 0 Å². The van der Waals surface area contributed by atoms with Crippen LogP contribution in [0, 0.1) is 5.41 Å². The van der Waals surface area contributed by atoms with Gasteiger partial charge in [0.1, 0.15) is 5.82 Å². The number of aliphatic carboxylic acids is 1. The van der Waals surface area contributed by atoms with Crippen LogP contribution in [0.4, 0.5) is 0 Å². The summed E-state index contributed by atoms with van der Waals surface area (Å²) < 4.78 is 0. The molecule has 1 fully saturated rings. The van der Waals surface area contributed by atoms with E-state index < -0.39 is 5.97 Å². The van der Waals surface area contributed by atoms with Crippen LogP contribution in [0.3, 0.4) is 0 Å². The normalized spacial score (nSPS) is 20.5. The van der Waals surface area contributed by atoms with E-state index in [2.05, 4.69) is 30.7 Å². The minimum atomic E-state index is -0.673. The van der Waals surface area contributed by atoms with Crippen LogP contribution in [0.25, 0.3) is 0 Å². The van der Waals surface area contributed by atoms with E-state index in [4.69, 9.17) is 10.1 Å². The molecule has 22 heavy (non-hydrogen) atoms. The van der Waals surface area contributed by atoms with Gasteiger partial charge >= 0.3 is 5.97 Å². The second kappa shape index (κ2) is 5.30. The van der Waals surface area contributed by atoms with E-state index in [1.807, 2.05) is 6.20 Å². The first-order chi connectivity index (χ1) is 10.3. The molecule has 1 aromatic rings. The minimum absolute atomic E-state index is 0.0221. The first-order valence-corrected chi connectivity index (χ1v) is 8.07. The SMILES string of the molecule is CC(C)(C)c1ncc2c(n1)CCN(CC1(CC(=O)O)CC1)C2. The Bertz CT molecular complexity index is 588. The molecule has 0 amide bonds. The minimum Gasteiger partial charge on any atom is -0.481 e. The molecule has 2 heterocycles. The van der Waals surface area contributed by atoms with Crippen LogP contribution in [0.15, 0.2) is 6.20 Å². The Morgan fingerprint density at radius 1 is 1.41 bits per heavy atom. The zero-order chi connectivity index (χ0) is 16.0. The molecule has 2 aliphatic rings. The van der Waals surface area contributed by atoms with Crippen LogP contribution >= 0.6 is 0 Å². The van der Waals surface area contributed by atoms with Crippen molar-refractivity contribution in [1.82, 2.24) is 14.9 Å². The van der Waals surface area contributed by atoms with E-state index in [9.17, 15) is 4.79 Å². The second-order valence-electron chi connectivity index (χ2n) is 7.95. The number of carboxylic acids is 1.